The van der Waals surface area contributed by atoms with Gasteiger partial charge in [-0.3, -0.25) is 4.79 Å². The summed E-state index contributed by atoms with van der Waals surface area (Å²) in [4.78, 5) is 14.9. The summed E-state index contributed by atoms with van der Waals surface area (Å²) in [5.41, 5.74) is 2.55. The van der Waals surface area contributed by atoms with Crippen LogP contribution in [0.25, 0.3) is 0 Å². The number of H-pyrrole nitrogens is 1. The van der Waals surface area contributed by atoms with Gasteiger partial charge in [-0.15, -0.1) is 0 Å². The lowest BCUT2D eigenvalue weighted by Crippen LogP contribution is -1.99. The Morgan fingerprint density at radius 3 is 3.00 bits per heavy atom. The van der Waals surface area contributed by atoms with Crippen LogP contribution in [0.15, 0.2) is 36.7 Å². The summed E-state index contributed by atoms with van der Waals surface area (Å²) in [5.74, 6) is 0.960. The smallest absolute Gasteiger partial charge is 0.194 e. The molecule has 0 bridgehead atoms. The Morgan fingerprint density at radius 1 is 1.25 bits per heavy atom. The van der Waals surface area contributed by atoms with Crippen molar-refractivity contribution in [3.63, 3.8) is 0 Å². The maximum atomic E-state index is 12.0. The van der Waals surface area contributed by atoms with Gasteiger partial charge < -0.3 is 9.72 Å². The fraction of sp³-hybridized carbons (Fsp3) is 0.154. The van der Waals surface area contributed by atoms with Crippen molar-refractivity contribution in [3.05, 3.63) is 53.3 Å². The summed E-state index contributed by atoms with van der Waals surface area (Å²) in [6, 6.07) is 7.41. The van der Waals surface area contributed by atoms with Gasteiger partial charge in [-0.2, -0.15) is 0 Å². The first-order valence-electron chi connectivity index (χ1n) is 5.28. The maximum Gasteiger partial charge on any atom is 0.194 e. The first kappa shape index (κ1) is 9.21. The Hall–Kier alpha value is -2.03. The monoisotopic (exact) mass is 213 g/mol. The molecule has 3 nitrogen and oxygen atoms in total. The first-order valence-corrected chi connectivity index (χ1v) is 5.28. The summed E-state index contributed by atoms with van der Waals surface area (Å²) >= 11 is 0. The summed E-state index contributed by atoms with van der Waals surface area (Å²) in [6.07, 6.45) is 4.36. The van der Waals surface area contributed by atoms with Crippen molar-refractivity contribution in [1.82, 2.24) is 4.98 Å². The second-order valence-electron chi connectivity index (χ2n) is 3.85. The number of rotatable bonds is 2. The van der Waals surface area contributed by atoms with Crippen molar-refractivity contribution in [3.8, 4) is 5.75 Å². The van der Waals surface area contributed by atoms with Gasteiger partial charge in [0.15, 0.2) is 5.78 Å². The van der Waals surface area contributed by atoms with E-state index >= 15 is 0 Å². The molecule has 0 unspecified atom stereocenters. The molecule has 0 saturated heterocycles. The number of ketones is 1. The van der Waals surface area contributed by atoms with Crippen molar-refractivity contribution in [2.45, 2.75) is 6.42 Å². The highest BCUT2D eigenvalue weighted by atomic mass is 16.5. The molecule has 0 fully saturated rings. The molecule has 1 aromatic carbocycles. The predicted molar refractivity (Wildman–Crippen MR) is 59.9 cm³/mol. The third-order valence-electron chi connectivity index (χ3n) is 2.81. The van der Waals surface area contributed by atoms with Crippen molar-refractivity contribution in [2.75, 3.05) is 6.61 Å². The minimum Gasteiger partial charge on any atom is -0.493 e. The van der Waals surface area contributed by atoms with E-state index < -0.39 is 0 Å². The lowest BCUT2D eigenvalue weighted by atomic mass is 10.0. The van der Waals surface area contributed by atoms with Gasteiger partial charge >= 0.3 is 0 Å². The molecule has 1 aliphatic rings. The molecule has 3 heteroatoms. The number of carbonyl (C=O) groups is 1. The van der Waals surface area contributed by atoms with E-state index in [4.69, 9.17) is 4.74 Å². The number of aromatic amines is 1. The zero-order valence-electron chi connectivity index (χ0n) is 8.69. The molecule has 0 saturated carbocycles. The Labute approximate surface area is 93.1 Å². The molecule has 0 spiro atoms. The van der Waals surface area contributed by atoms with Crippen molar-refractivity contribution in [1.29, 1.82) is 0 Å². The van der Waals surface area contributed by atoms with Crippen LogP contribution in [-0.4, -0.2) is 17.4 Å². The Bertz CT molecular complexity index is 529. The van der Waals surface area contributed by atoms with Crippen LogP contribution in [0.1, 0.15) is 21.5 Å². The van der Waals surface area contributed by atoms with Crippen LogP contribution >= 0.6 is 0 Å². The molecule has 0 amide bonds. The van der Waals surface area contributed by atoms with Crippen LogP contribution in [-0.2, 0) is 6.42 Å². The Balaban J connectivity index is 1.99. The molecule has 0 atom stereocenters. The van der Waals surface area contributed by atoms with Gasteiger partial charge in [0.2, 0.25) is 0 Å². The minimum atomic E-state index is 0.0518. The third kappa shape index (κ3) is 1.41. The van der Waals surface area contributed by atoms with E-state index in [1.165, 1.54) is 0 Å². The zero-order valence-corrected chi connectivity index (χ0v) is 8.69. The summed E-state index contributed by atoms with van der Waals surface area (Å²) < 4.78 is 5.41. The van der Waals surface area contributed by atoms with Crippen LogP contribution in [0, 0.1) is 0 Å². The van der Waals surface area contributed by atoms with E-state index in [2.05, 4.69) is 4.98 Å². The minimum absolute atomic E-state index is 0.0518. The van der Waals surface area contributed by atoms with E-state index in [0.717, 1.165) is 29.9 Å². The first-order chi connectivity index (χ1) is 7.84. The molecular formula is C13H11NO2. The quantitative estimate of drug-likeness (QED) is 0.777. The SMILES string of the molecule is O=C(c1cc[nH]c1)c1ccc2c(c1)CCO2. The second-order valence-corrected chi connectivity index (χ2v) is 3.85. The third-order valence-corrected chi connectivity index (χ3v) is 2.81. The molecule has 80 valence electrons. The van der Waals surface area contributed by atoms with Gasteiger partial charge in [-0.25, -0.2) is 0 Å². The van der Waals surface area contributed by atoms with Crippen LogP contribution in [0.2, 0.25) is 0 Å². The Kier molecular flexibility index (Phi) is 2.03. The summed E-state index contributed by atoms with van der Waals surface area (Å²) in [5, 5.41) is 0. The van der Waals surface area contributed by atoms with E-state index in [9.17, 15) is 4.79 Å². The van der Waals surface area contributed by atoms with Gasteiger partial charge in [-0.1, -0.05) is 0 Å². The van der Waals surface area contributed by atoms with Crippen molar-refractivity contribution < 1.29 is 9.53 Å². The number of nitrogens with one attached hydrogen (secondary N) is 1. The van der Waals surface area contributed by atoms with Gasteiger partial charge in [-0.05, 0) is 29.8 Å². The molecule has 1 aromatic heterocycles. The second kappa shape index (κ2) is 3.52. The van der Waals surface area contributed by atoms with E-state index in [1.807, 2.05) is 18.2 Å². The molecular weight excluding hydrogens is 202 g/mol. The lowest BCUT2D eigenvalue weighted by molar-refractivity contribution is 0.103. The molecule has 2 heterocycles. The average Bonchev–Trinajstić information content (AvgIpc) is 2.98. The number of hydrogen-bond donors (Lipinski definition) is 1. The normalized spacial score (nSPS) is 13.2. The topological polar surface area (TPSA) is 42.1 Å². The highest BCUT2D eigenvalue weighted by Crippen LogP contribution is 2.26. The highest BCUT2D eigenvalue weighted by Gasteiger charge is 2.15. The van der Waals surface area contributed by atoms with Crippen LogP contribution in [0.5, 0.6) is 5.75 Å². The van der Waals surface area contributed by atoms with Crippen LogP contribution in [0.3, 0.4) is 0 Å². The molecule has 1 N–H and O–H groups in total. The predicted octanol–water partition coefficient (Wildman–Crippen LogP) is 2.18. The molecule has 2 aromatic rings. The van der Waals surface area contributed by atoms with Gasteiger partial charge in [0.1, 0.15) is 5.75 Å². The van der Waals surface area contributed by atoms with Crippen LogP contribution in [0.4, 0.5) is 0 Å². The standard InChI is InChI=1S/C13H11NO2/c15-13(11-3-5-14-8-11)10-1-2-12-9(7-10)4-6-16-12/h1-3,5,7-8,14H,4,6H2. The van der Waals surface area contributed by atoms with E-state index in [1.54, 1.807) is 18.5 Å². The maximum absolute atomic E-state index is 12.0. The molecule has 0 aliphatic carbocycles. The number of benzene rings is 1. The number of fused-ring (bicyclic) bond motifs is 1. The van der Waals surface area contributed by atoms with Gasteiger partial charge in [0.25, 0.3) is 0 Å². The number of ether oxygens (including phenoxy) is 1. The molecule has 3 rings (SSSR count). The number of hydrogen-bond acceptors (Lipinski definition) is 2. The highest BCUT2D eigenvalue weighted by molar-refractivity contribution is 6.09. The molecule has 0 radical (unpaired) electrons. The lowest BCUT2D eigenvalue weighted by Gasteiger charge is -2.02. The largest absolute Gasteiger partial charge is 0.493 e. The van der Waals surface area contributed by atoms with Gasteiger partial charge in [0.05, 0.1) is 6.61 Å². The molecule has 1 aliphatic heterocycles. The summed E-state index contributed by atoms with van der Waals surface area (Å²) in [7, 11) is 0. The fourth-order valence-electron chi connectivity index (χ4n) is 1.96. The number of carbonyl (C=O) groups excluding carboxylic acids is 1. The average molecular weight is 213 g/mol. The van der Waals surface area contributed by atoms with Crippen LogP contribution < -0.4 is 4.74 Å². The van der Waals surface area contributed by atoms with E-state index in [0.29, 0.717) is 5.56 Å². The zero-order chi connectivity index (χ0) is 11.0. The van der Waals surface area contributed by atoms with Gasteiger partial charge in [0, 0.05) is 29.9 Å². The Morgan fingerprint density at radius 2 is 2.19 bits per heavy atom. The number of aromatic nitrogens is 1. The van der Waals surface area contributed by atoms with Crippen molar-refractivity contribution in [2.24, 2.45) is 0 Å². The summed E-state index contributed by atoms with van der Waals surface area (Å²) in [6.45, 7) is 0.719. The van der Waals surface area contributed by atoms with E-state index in [-0.39, 0.29) is 5.78 Å². The fourth-order valence-corrected chi connectivity index (χ4v) is 1.96. The molecule has 16 heavy (non-hydrogen) atoms. The van der Waals surface area contributed by atoms with Crippen molar-refractivity contribution >= 4 is 5.78 Å².